The number of aromatic nitrogens is 5. The Morgan fingerprint density at radius 2 is 2.00 bits per heavy atom. The summed E-state index contributed by atoms with van der Waals surface area (Å²) in [5, 5.41) is 9.23. The molecule has 170 valence electrons. The van der Waals surface area contributed by atoms with Crippen molar-refractivity contribution in [2.24, 2.45) is 13.0 Å². The standard InChI is InChI=1S/C25H25BrFN5O/c1-16-24(9-21(26)11-28-16)33-15-20-8-22(27)5-6-23(20)25-19(14-31(2)30-25)7-18-10-29-32(13-18)12-17-3-4-17/h5-6,8-11,13-14,17H,3-4,7,12,15H2,1-2H3. The largest absolute Gasteiger partial charge is 0.487 e. The van der Waals surface area contributed by atoms with Gasteiger partial charge in [-0.1, -0.05) is 0 Å². The van der Waals surface area contributed by atoms with Crippen LogP contribution in [0.15, 0.2) is 53.5 Å². The van der Waals surface area contributed by atoms with Crippen molar-refractivity contribution in [1.29, 1.82) is 0 Å². The van der Waals surface area contributed by atoms with E-state index in [0.29, 0.717) is 12.2 Å². The minimum atomic E-state index is -0.305. The molecule has 3 aromatic heterocycles. The molecule has 0 bridgehead atoms. The molecule has 6 nitrogen and oxygen atoms in total. The molecule has 1 aromatic carbocycles. The molecular weight excluding hydrogens is 485 g/mol. The van der Waals surface area contributed by atoms with E-state index in [-0.39, 0.29) is 12.4 Å². The van der Waals surface area contributed by atoms with Gasteiger partial charge in [0.15, 0.2) is 0 Å². The maximum absolute atomic E-state index is 14.2. The fraction of sp³-hybridized carbons (Fsp3) is 0.320. The predicted octanol–water partition coefficient (Wildman–Crippen LogP) is 5.47. The number of ether oxygens (including phenoxy) is 1. The van der Waals surface area contributed by atoms with Crippen LogP contribution in [0.3, 0.4) is 0 Å². The Kier molecular flexibility index (Phi) is 6.01. The fourth-order valence-corrected chi connectivity index (χ4v) is 4.29. The van der Waals surface area contributed by atoms with Crippen molar-refractivity contribution in [3.8, 4) is 17.0 Å². The SMILES string of the molecule is Cc1ncc(Br)cc1OCc1cc(F)ccc1-c1nn(C)cc1Cc1cnn(CC2CC2)c1. The highest BCUT2D eigenvalue weighted by atomic mass is 79.9. The summed E-state index contributed by atoms with van der Waals surface area (Å²) in [5.74, 6) is 1.13. The minimum absolute atomic E-state index is 0.210. The van der Waals surface area contributed by atoms with Crippen molar-refractivity contribution in [2.45, 2.75) is 39.3 Å². The van der Waals surface area contributed by atoms with E-state index in [1.165, 1.54) is 25.0 Å². The fourth-order valence-electron chi connectivity index (χ4n) is 3.98. The van der Waals surface area contributed by atoms with E-state index in [1.54, 1.807) is 16.9 Å². The number of halogens is 2. The molecule has 33 heavy (non-hydrogen) atoms. The lowest BCUT2D eigenvalue weighted by Crippen LogP contribution is -2.02. The number of pyridine rings is 1. The first-order valence-electron chi connectivity index (χ1n) is 11.0. The van der Waals surface area contributed by atoms with E-state index in [4.69, 9.17) is 9.84 Å². The molecule has 1 fully saturated rings. The molecule has 0 spiro atoms. The van der Waals surface area contributed by atoms with Crippen LogP contribution in [0.4, 0.5) is 4.39 Å². The molecule has 0 radical (unpaired) electrons. The summed E-state index contributed by atoms with van der Waals surface area (Å²) < 4.78 is 24.9. The topological polar surface area (TPSA) is 57.8 Å². The van der Waals surface area contributed by atoms with Gasteiger partial charge in [-0.25, -0.2) is 4.39 Å². The van der Waals surface area contributed by atoms with Crippen LogP contribution < -0.4 is 4.74 Å². The molecule has 0 aliphatic heterocycles. The van der Waals surface area contributed by atoms with Crippen molar-refractivity contribution in [2.75, 3.05) is 0 Å². The lowest BCUT2D eigenvalue weighted by Gasteiger charge is -2.13. The van der Waals surface area contributed by atoms with E-state index < -0.39 is 0 Å². The van der Waals surface area contributed by atoms with Crippen LogP contribution in [0.5, 0.6) is 5.75 Å². The van der Waals surface area contributed by atoms with Gasteiger partial charge in [-0.15, -0.1) is 0 Å². The number of hydrogen-bond donors (Lipinski definition) is 0. The summed E-state index contributed by atoms with van der Waals surface area (Å²) in [6.07, 6.45) is 11.1. The smallest absolute Gasteiger partial charge is 0.142 e. The van der Waals surface area contributed by atoms with Gasteiger partial charge >= 0.3 is 0 Å². The lowest BCUT2D eigenvalue weighted by molar-refractivity contribution is 0.302. The monoisotopic (exact) mass is 509 g/mol. The first-order valence-corrected chi connectivity index (χ1v) is 11.8. The second-order valence-electron chi connectivity index (χ2n) is 8.69. The van der Waals surface area contributed by atoms with E-state index in [0.717, 1.165) is 50.6 Å². The average Bonchev–Trinajstić information content (AvgIpc) is 3.37. The third-order valence-corrected chi connectivity index (χ3v) is 6.27. The van der Waals surface area contributed by atoms with Crippen LogP contribution in [0.1, 0.15) is 35.2 Å². The molecule has 0 saturated heterocycles. The number of benzene rings is 1. The number of aryl methyl sites for hydroxylation is 2. The second-order valence-corrected chi connectivity index (χ2v) is 9.61. The summed E-state index contributed by atoms with van der Waals surface area (Å²) >= 11 is 3.43. The minimum Gasteiger partial charge on any atom is -0.487 e. The van der Waals surface area contributed by atoms with Crippen LogP contribution in [-0.4, -0.2) is 24.5 Å². The molecule has 1 aliphatic rings. The highest BCUT2D eigenvalue weighted by molar-refractivity contribution is 9.10. The van der Waals surface area contributed by atoms with Gasteiger partial charge in [0.2, 0.25) is 0 Å². The molecule has 0 unspecified atom stereocenters. The van der Waals surface area contributed by atoms with E-state index in [1.807, 2.05) is 37.1 Å². The number of rotatable bonds is 8. The van der Waals surface area contributed by atoms with Gasteiger partial charge in [0.1, 0.15) is 18.2 Å². The van der Waals surface area contributed by atoms with Gasteiger partial charge in [0.05, 0.1) is 17.6 Å². The highest BCUT2D eigenvalue weighted by Gasteiger charge is 2.22. The summed E-state index contributed by atoms with van der Waals surface area (Å²) in [6, 6.07) is 6.63. The van der Waals surface area contributed by atoms with Gasteiger partial charge in [-0.2, -0.15) is 10.2 Å². The molecular formula is C25H25BrFN5O. The Morgan fingerprint density at radius 3 is 2.82 bits per heavy atom. The normalized spacial score (nSPS) is 13.5. The van der Waals surface area contributed by atoms with Crippen LogP contribution in [0, 0.1) is 18.7 Å². The van der Waals surface area contributed by atoms with Crippen molar-refractivity contribution in [3.05, 3.63) is 81.7 Å². The van der Waals surface area contributed by atoms with Gasteiger partial charge in [0, 0.05) is 59.8 Å². The van der Waals surface area contributed by atoms with Gasteiger partial charge in [-0.3, -0.25) is 14.3 Å². The zero-order chi connectivity index (χ0) is 22.9. The Hall–Kier alpha value is -3.00. The van der Waals surface area contributed by atoms with E-state index >= 15 is 0 Å². The highest BCUT2D eigenvalue weighted by Crippen LogP contribution is 2.32. The van der Waals surface area contributed by atoms with E-state index in [2.05, 4.69) is 32.2 Å². The molecule has 3 heterocycles. The summed E-state index contributed by atoms with van der Waals surface area (Å²) in [7, 11) is 1.90. The van der Waals surface area contributed by atoms with Crippen LogP contribution in [0.2, 0.25) is 0 Å². The van der Waals surface area contributed by atoms with Crippen molar-refractivity contribution in [3.63, 3.8) is 0 Å². The van der Waals surface area contributed by atoms with Crippen LogP contribution >= 0.6 is 15.9 Å². The predicted molar refractivity (Wildman–Crippen MR) is 127 cm³/mol. The third-order valence-electron chi connectivity index (χ3n) is 5.84. The maximum atomic E-state index is 14.2. The van der Waals surface area contributed by atoms with Gasteiger partial charge in [-0.05, 0) is 71.4 Å². The quantitative estimate of drug-likeness (QED) is 0.316. The van der Waals surface area contributed by atoms with Crippen LogP contribution in [-0.2, 0) is 26.6 Å². The zero-order valence-electron chi connectivity index (χ0n) is 18.6. The zero-order valence-corrected chi connectivity index (χ0v) is 20.2. The Balaban J connectivity index is 1.42. The van der Waals surface area contributed by atoms with Crippen molar-refractivity contribution in [1.82, 2.24) is 24.5 Å². The molecule has 5 rings (SSSR count). The number of nitrogens with zero attached hydrogens (tertiary/aromatic N) is 5. The first kappa shape index (κ1) is 21.8. The summed E-state index contributed by atoms with van der Waals surface area (Å²) in [5.41, 5.74) is 5.40. The Morgan fingerprint density at radius 1 is 1.15 bits per heavy atom. The van der Waals surface area contributed by atoms with Crippen LogP contribution in [0.25, 0.3) is 11.3 Å². The Bertz CT molecular complexity index is 1290. The van der Waals surface area contributed by atoms with Crippen molar-refractivity contribution >= 4 is 15.9 Å². The molecule has 0 N–H and O–H groups in total. The molecule has 0 amide bonds. The van der Waals surface area contributed by atoms with E-state index in [9.17, 15) is 4.39 Å². The Labute approximate surface area is 200 Å². The first-order chi connectivity index (χ1) is 15.9. The number of hydrogen-bond acceptors (Lipinski definition) is 4. The molecule has 1 saturated carbocycles. The second kappa shape index (κ2) is 9.09. The summed E-state index contributed by atoms with van der Waals surface area (Å²) in [4.78, 5) is 4.31. The third kappa shape index (κ3) is 5.16. The lowest BCUT2D eigenvalue weighted by atomic mass is 9.99. The summed E-state index contributed by atoms with van der Waals surface area (Å²) in [6.45, 7) is 3.08. The molecule has 0 atom stereocenters. The molecule has 1 aliphatic carbocycles. The van der Waals surface area contributed by atoms with Gasteiger partial charge < -0.3 is 4.74 Å². The average molecular weight is 510 g/mol. The molecule has 8 heteroatoms. The van der Waals surface area contributed by atoms with Gasteiger partial charge in [0.25, 0.3) is 0 Å². The van der Waals surface area contributed by atoms with Crippen molar-refractivity contribution < 1.29 is 9.13 Å². The molecule has 4 aromatic rings. The maximum Gasteiger partial charge on any atom is 0.142 e.